The van der Waals surface area contributed by atoms with Crippen LogP contribution in [0.4, 0.5) is 13.6 Å². The number of morpholine rings is 1. The minimum Gasteiger partial charge on any atom is -0.379 e. The quantitative estimate of drug-likeness (QED) is 0.504. The Bertz CT molecular complexity index is 111. The van der Waals surface area contributed by atoms with Crippen molar-refractivity contribution in [1.29, 1.82) is 0 Å². The van der Waals surface area contributed by atoms with Crippen LogP contribution in [-0.2, 0) is 4.74 Å². The van der Waals surface area contributed by atoms with E-state index in [1.165, 1.54) is 0 Å². The highest BCUT2D eigenvalue weighted by Crippen LogP contribution is 1.89. The number of likely N-dealkylation sites (N-methyl/N-ethyl adjacent to an activating group) is 1. The van der Waals surface area contributed by atoms with Crippen molar-refractivity contribution in [3.8, 4) is 0 Å². The van der Waals surface area contributed by atoms with Gasteiger partial charge >= 0.3 is 6.29 Å². The van der Waals surface area contributed by atoms with Gasteiger partial charge < -0.3 is 9.64 Å². The predicted octanol–water partition coefficient (Wildman–Crippen LogP) is 0.994. The first-order valence-corrected chi connectivity index (χ1v) is 3.24. The molecule has 0 aromatic heterocycles. The summed E-state index contributed by atoms with van der Waals surface area (Å²) in [5.41, 5.74) is 0. The second-order valence-corrected chi connectivity index (χ2v) is 2.14. The Labute approximate surface area is 63.9 Å². The van der Waals surface area contributed by atoms with E-state index in [0.29, 0.717) is 0 Å². The maximum absolute atomic E-state index is 9.69. The van der Waals surface area contributed by atoms with Crippen molar-refractivity contribution in [2.75, 3.05) is 33.4 Å². The second kappa shape index (κ2) is 6.18. The van der Waals surface area contributed by atoms with Crippen LogP contribution in [0.2, 0.25) is 0 Å². The molecule has 0 saturated carbocycles. The largest absolute Gasteiger partial charge is 0.483 e. The molecule has 1 heterocycles. The third-order valence-corrected chi connectivity index (χ3v) is 1.23. The fourth-order valence-corrected chi connectivity index (χ4v) is 0.655. The molecular formula is C6H11F2NO2. The molecular weight excluding hydrogens is 156 g/mol. The van der Waals surface area contributed by atoms with E-state index in [9.17, 15) is 8.78 Å². The summed E-state index contributed by atoms with van der Waals surface area (Å²) in [6.07, 6.45) is -2.83. The predicted molar refractivity (Wildman–Crippen MR) is 35.9 cm³/mol. The van der Waals surface area contributed by atoms with E-state index in [1.807, 2.05) is 0 Å². The second-order valence-electron chi connectivity index (χ2n) is 2.14. The summed E-state index contributed by atoms with van der Waals surface area (Å²) in [5, 5.41) is 0. The molecule has 0 atom stereocenters. The van der Waals surface area contributed by atoms with E-state index >= 15 is 0 Å². The lowest BCUT2D eigenvalue weighted by atomic mass is 10.5. The molecule has 1 aliphatic heterocycles. The van der Waals surface area contributed by atoms with Crippen LogP contribution in [0.3, 0.4) is 0 Å². The van der Waals surface area contributed by atoms with E-state index in [2.05, 4.69) is 11.9 Å². The molecule has 0 bridgehead atoms. The molecule has 0 N–H and O–H groups in total. The van der Waals surface area contributed by atoms with Gasteiger partial charge in [-0.15, -0.1) is 8.78 Å². The van der Waals surface area contributed by atoms with Gasteiger partial charge in [-0.2, -0.15) is 0 Å². The first-order valence-electron chi connectivity index (χ1n) is 3.24. The van der Waals surface area contributed by atoms with Crippen LogP contribution in [0.5, 0.6) is 0 Å². The zero-order chi connectivity index (χ0) is 8.69. The van der Waals surface area contributed by atoms with Crippen molar-refractivity contribution in [1.82, 2.24) is 4.90 Å². The molecule has 0 amide bonds. The summed E-state index contributed by atoms with van der Waals surface area (Å²) in [4.78, 5) is 10.4. The third-order valence-electron chi connectivity index (χ3n) is 1.23. The minimum atomic E-state index is -2.83. The first kappa shape index (κ1) is 10.4. The van der Waals surface area contributed by atoms with E-state index in [1.54, 1.807) is 0 Å². The smallest absolute Gasteiger partial charge is 0.379 e. The highest BCUT2D eigenvalue weighted by molar-refractivity contribution is 5.55. The normalized spacial score (nSPS) is 18.5. The van der Waals surface area contributed by atoms with E-state index in [0.717, 1.165) is 26.3 Å². The van der Waals surface area contributed by atoms with E-state index in [4.69, 9.17) is 9.53 Å². The average Bonchev–Trinajstić information content (AvgIpc) is 1.87. The summed E-state index contributed by atoms with van der Waals surface area (Å²) in [6, 6.07) is 0. The molecule has 11 heavy (non-hydrogen) atoms. The Morgan fingerprint density at radius 3 is 1.91 bits per heavy atom. The first-order chi connectivity index (χ1) is 5.13. The molecule has 5 heteroatoms. The summed E-state index contributed by atoms with van der Waals surface area (Å²) >= 11 is 0. The Morgan fingerprint density at radius 1 is 1.36 bits per heavy atom. The molecule has 0 spiro atoms. The fraction of sp³-hybridized carbons (Fsp3) is 0.833. The summed E-state index contributed by atoms with van der Waals surface area (Å²) < 4.78 is 24.5. The average molecular weight is 167 g/mol. The van der Waals surface area contributed by atoms with Crippen LogP contribution in [0.15, 0.2) is 0 Å². The zero-order valence-electron chi connectivity index (χ0n) is 6.35. The van der Waals surface area contributed by atoms with Crippen molar-refractivity contribution >= 4 is 6.29 Å². The number of nitrogens with zero attached hydrogens (tertiary/aromatic N) is 1. The molecule has 1 fully saturated rings. The molecule has 3 nitrogen and oxygen atoms in total. The van der Waals surface area contributed by atoms with Crippen molar-refractivity contribution < 1.29 is 18.3 Å². The molecule has 66 valence electrons. The van der Waals surface area contributed by atoms with Crippen LogP contribution < -0.4 is 0 Å². The number of rotatable bonds is 0. The number of halogens is 2. The van der Waals surface area contributed by atoms with Gasteiger partial charge in [-0.1, -0.05) is 0 Å². The Hall–Kier alpha value is -0.550. The van der Waals surface area contributed by atoms with E-state index < -0.39 is 6.29 Å². The fourth-order valence-electron chi connectivity index (χ4n) is 0.655. The number of ether oxygens (including phenoxy) is 1. The summed E-state index contributed by atoms with van der Waals surface area (Å²) in [6.45, 7) is 4.02. The van der Waals surface area contributed by atoms with Crippen LogP contribution in [-0.4, -0.2) is 44.5 Å². The maximum atomic E-state index is 9.69. The van der Waals surface area contributed by atoms with Gasteiger partial charge in [0.05, 0.1) is 13.2 Å². The van der Waals surface area contributed by atoms with Gasteiger partial charge in [0.1, 0.15) is 0 Å². The van der Waals surface area contributed by atoms with Gasteiger partial charge in [-0.05, 0) is 7.05 Å². The Morgan fingerprint density at radius 2 is 1.73 bits per heavy atom. The molecule has 0 aromatic rings. The number of carbonyl (C=O) groups excluding carboxylic acids is 1. The number of hydrogen-bond donors (Lipinski definition) is 0. The lowest BCUT2D eigenvalue weighted by molar-refractivity contribution is 0.0503. The van der Waals surface area contributed by atoms with Gasteiger partial charge in [-0.25, -0.2) is 4.79 Å². The van der Waals surface area contributed by atoms with Crippen molar-refractivity contribution in [2.45, 2.75) is 0 Å². The Kier molecular flexibility index (Phi) is 5.87. The molecule has 0 radical (unpaired) electrons. The monoisotopic (exact) mass is 167 g/mol. The zero-order valence-corrected chi connectivity index (χ0v) is 6.35. The maximum Gasteiger partial charge on any atom is 0.483 e. The van der Waals surface area contributed by atoms with Crippen LogP contribution in [0.1, 0.15) is 0 Å². The summed E-state index contributed by atoms with van der Waals surface area (Å²) in [5.74, 6) is 0. The van der Waals surface area contributed by atoms with Gasteiger partial charge in [0.15, 0.2) is 0 Å². The van der Waals surface area contributed by atoms with E-state index in [-0.39, 0.29) is 0 Å². The highest BCUT2D eigenvalue weighted by Gasteiger charge is 2.02. The molecule has 1 saturated heterocycles. The minimum absolute atomic E-state index is 0.913. The van der Waals surface area contributed by atoms with Crippen molar-refractivity contribution in [3.63, 3.8) is 0 Å². The van der Waals surface area contributed by atoms with Crippen LogP contribution in [0.25, 0.3) is 0 Å². The topological polar surface area (TPSA) is 29.5 Å². The van der Waals surface area contributed by atoms with Crippen molar-refractivity contribution in [2.24, 2.45) is 0 Å². The van der Waals surface area contributed by atoms with Crippen LogP contribution >= 0.6 is 0 Å². The highest BCUT2D eigenvalue weighted by atomic mass is 19.3. The molecule has 1 aliphatic rings. The van der Waals surface area contributed by atoms with Gasteiger partial charge in [-0.3, -0.25) is 0 Å². The molecule has 0 unspecified atom stereocenters. The lowest BCUT2D eigenvalue weighted by Gasteiger charge is -2.21. The molecule has 0 aliphatic carbocycles. The summed E-state index contributed by atoms with van der Waals surface area (Å²) in [7, 11) is 2.11. The van der Waals surface area contributed by atoms with Gasteiger partial charge in [0.25, 0.3) is 0 Å². The number of carbonyl (C=O) groups is 1. The number of hydrogen-bond acceptors (Lipinski definition) is 3. The molecule has 0 aromatic carbocycles. The lowest BCUT2D eigenvalue weighted by Crippen LogP contribution is -2.32. The SMILES string of the molecule is CN1CCOCC1.O=C(F)F. The van der Waals surface area contributed by atoms with Crippen molar-refractivity contribution in [3.05, 3.63) is 0 Å². The molecule has 1 rings (SSSR count). The Balaban J connectivity index is 0.000000218. The standard InChI is InChI=1S/C5H11NO.CF2O/c1-6-2-4-7-5-3-6;2-1(3)4/h2-5H2,1H3;. The van der Waals surface area contributed by atoms with Crippen LogP contribution in [0, 0.1) is 0 Å². The van der Waals surface area contributed by atoms with Gasteiger partial charge in [0, 0.05) is 13.1 Å². The third kappa shape index (κ3) is 9.45. The van der Waals surface area contributed by atoms with Gasteiger partial charge in [0.2, 0.25) is 0 Å².